The van der Waals surface area contributed by atoms with Crippen LogP contribution in [0.4, 0.5) is 8.78 Å². The molecule has 8 heteroatoms. The molecule has 0 spiro atoms. The van der Waals surface area contributed by atoms with Gasteiger partial charge in [0.15, 0.2) is 0 Å². The number of carbonyl (C=O) groups excluding carboxylic acids is 1. The molecule has 1 fully saturated rings. The molecule has 0 aliphatic carbocycles. The number of nitrogens with zero attached hydrogens (tertiary/aromatic N) is 2. The standard InChI is InChI=1S/C21H24F2N2O3S/c1-13-11-14(2)16(4)20(15(13)3)29(27,28)25-9-7-24(8-10-25)21(26)18-6-5-17(22)12-19(18)23/h5-6,11-12H,7-10H2,1-4H3. The van der Waals surface area contributed by atoms with Crippen LogP contribution >= 0.6 is 0 Å². The molecule has 1 amide bonds. The summed E-state index contributed by atoms with van der Waals surface area (Å²) >= 11 is 0. The van der Waals surface area contributed by atoms with Crippen LogP contribution in [-0.4, -0.2) is 49.7 Å². The van der Waals surface area contributed by atoms with Crippen molar-refractivity contribution >= 4 is 15.9 Å². The second-order valence-electron chi connectivity index (χ2n) is 7.41. The molecule has 3 rings (SSSR count). The van der Waals surface area contributed by atoms with E-state index in [4.69, 9.17) is 0 Å². The third-order valence-corrected chi connectivity index (χ3v) is 7.76. The summed E-state index contributed by atoms with van der Waals surface area (Å²) in [4.78, 5) is 14.3. The molecule has 156 valence electrons. The van der Waals surface area contributed by atoms with Crippen LogP contribution in [0.5, 0.6) is 0 Å². The molecule has 0 aromatic heterocycles. The molecule has 0 atom stereocenters. The summed E-state index contributed by atoms with van der Waals surface area (Å²) in [5, 5.41) is 0. The third kappa shape index (κ3) is 3.91. The second kappa shape index (κ2) is 7.84. The zero-order valence-corrected chi connectivity index (χ0v) is 17.7. The van der Waals surface area contributed by atoms with Crippen LogP contribution < -0.4 is 0 Å². The lowest BCUT2D eigenvalue weighted by Gasteiger charge is -2.35. The van der Waals surface area contributed by atoms with Gasteiger partial charge in [-0.15, -0.1) is 0 Å². The minimum Gasteiger partial charge on any atom is -0.336 e. The number of amides is 1. The Kier molecular flexibility index (Phi) is 5.78. The monoisotopic (exact) mass is 422 g/mol. The van der Waals surface area contributed by atoms with Crippen molar-refractivity contribution in [1.29, 1.82) is 0 Å². The molecule has 1 saturated heterocycles. The quantitative estimate of drug-likeness (QED) is 0.762. The van der Waals surface area contributed by atoms with E-state index in [9.17, 15) is 22.0 Å². The highest BCUT2D eigenvalue weighted by atomic mass is 32.2. The van der Waals surface area contributed by atoms with Gasteiger partial charge in [-0.3, -0.25) is 4.79 Å². The van der Waals surface area contributed by atoms with E-state index in [1.54, 1.807) is 13.8 Å². The first-order chi connectivity index (χ1) is 13.5. The van der Waals surface area contributed by atoms with Gasteiger partial charge in [0, 0.05) is 32.2 Å². The maximum atomic E-state index is 13.9. The Balaban J connectivity index is 1.81. The Labute approximate surface area is 170 Å². The van der Waals surface area contributed by atoms with Crippen LogP contribution in [0.1, 0.15) is 32.6 Å². The fourth-order valence-corrected chi connectivity index (χ4v) is 5.66. The normalized spacial score (nSPS) is 15.6. The van der Waals surface area contributed by atoms with E-state index in [0.717, 1.165) is 34.4 Å². The number of carbonyl (C=O) groups is 1. The molecule has 0 radical (unpaired) electrons. The van der Waals surface area contributed by atoms with Crippen molar-refractivity contribution in [3.05, 3.63) is 63.7 Å². The Morgan fingerprint density at radius 3 is 1.97 bits per heavy atom. The molecule has 1 aliphatic rings. The zero-order chi connectivity index (χ0) is 21.5. The van der Waals surface area contributed by atoms with Crippen LogP contribution in [0, 0.1) is 39.3 Å². The van der Waals surface area contributed by atoms with Crippen molar-refractivity contribution < 1.29 is 22.0 Å². The molecule has 0 saturated carbocycles. The van der Waals surface area contributed by atoms with Gasteiger partial charge in [0.2, 0.25) is 10.0 Å². The van der Waals surface area contributed by atoms with Crippen LogP contribution in [0.15, 0.2) is 29.2 Å². The number of rotatable bonds is 3. The lowest BCUT2D eigenvalue weighted by atomic mass is 10.0. The van der Waals surface area contributed by atoms with E-state index in [2.05, 4.69) is 0 Å². The summed E-state index contributed by atoms with van der Waals surface area (Å²) in [6, 6.07) is 4.78. The summed E-state index contributed by atoms with van der Waals surface area (Å²) in [6.45, 7) is 7.86. The van der Waals surface area contributed by atoms with E-state index in [-0.39, 0.29) is 31.7 Å². The summed E-state index contributed by atoms with van der Waals surface area (Å²) in [7, 11) is -3.72. The molecule has 0 unspecified atom stereocenters. The zero-order valence-electron chi connectivity index (χ0n) is 16.9. The van der Waals surface area contributed by atoms with Gasteiger partial charge in [-0.05, 0) is 62.1 Å². The Bertz CT molecular complexity index is 1050. The Hall–Kier alpha value is -2.32. The van der Waals surface area contributed by atoms with Gasteiger partial charge in [-0.25, -0.2) is 17.2 Å². The highest BCUT2D eigenvalue weighted by molar-refractivity contribution is 7.89. The van der Waals surface area contributed by atoms with Gasteiger partial charge < -0.3 is 4.90 Å². The first-order valence-corrected chi connectivity index (χ1v) is 10.8. The van der Waals surface area contributed by atoms with Crippen LogP contribution in [0.2, 0.25) is 0 Å². The number of hydrogen-bond donors (Lipinski definition) is 0. The average Bonchev–Trinajstić information content (AvgIpc) is 2.66. The van der Waals surface area contributed by atoms with Gasteiger partial charge >= 0.3 is 0 Å². The number of sulfonamides is 1. The van der Waals surface area contributed by atoms with Crippen molar-refractivity contribution in [2.75, 3.05) is 26.2 Å². The SMILES string of the molecule is Cc1cc(C)c(C)c(S(=O)(=O)N2CCN(C(=O)c3ccc(F)cc3F)CC2)c1C. The predicted molar refractivity (Wildman–Crippen MR) is 106 cm³/mol. The number of halogens is 2. The molecule has 0 N–H and O–H groups in total. The van der Waals surface area contributed by atoms with Crippen molar-refractivity contribution in [1.82, 2.24) is 9.21 Å². The second-order valence-corrected chi connectivity index (χ2v) is 9.28. The minimum atomic E-state index is -3.72. The molecule has 1 heterocycles. The number of aryl methyl sites for hydroxylation is 2. The molecular formula is C21H24F2N2O3S. The summed E-state index contributed by atoms with van der Waals surface area (Å²) < 4.78 is 54.9. The van der Waals surface area contributed by atoms with E-state index < -0.39 is 27.6 Å². The van der Waals surface area contributed by atoms with Crippen molar-refractivity contribution in [2.45, 2.75) is 32.6 Å². The molecule has 5 nitrogen and oxygen atoms in total. The van der Waals surface area contributed by atoms with E-state index in [0.29, 0.717) is 11.0 Å². The van der Waals surface area contributed by atoms with Crippen molar-refractivity contribution in [3.8, 4) is 0 Å². The first kappa shape index (κ1) is 21.4. The van der Waals surface area contributed by atoms with Gasteiger partial charge in [-0.2, -0.15) is 4.31 Å². The maximum Gasteiger partial charge on any atom is 0.256 e. The van der Waals surface area contributed by atoms with Crippen molar-refractivity contribution in [2.24, 2.45) is 0 Å². The van der Waals surface area contributed by atoms with Crippen molar-refractivity contribution in [3.63, 3.8) is 0 Å². The summed E-state index contributed by atoms with van der Waals surface area (Å²) in [5.41, 5.74) is 3.04. The average molecular weight is 422 g/mol. The Morgan fingerprint density at radius 2 is 1.45 bits per heavy atom. The molecular weight excluding hydrogens is 398 g/mol. The maximum absolute atomic E-state index is 13.9. The van der Waals surface area contributed by atoms with E-state index in [1.807, 2.05) is 19.9 Å². The molecule has 29 heavy (non-hydrogen) atoms. The lowest BCUT2D eigenvalue weighted by molar-refractivity contribution is 0.0693. The molecule has 1 aliphatic heterocycles. The molecule has 2 aromatic rings. The summed E-state index contributed by atoms with van der Waals surface area (Å²) in [6.07, 6.45) is 0. The third-order valence-electron chi connectivity index (χ3n) is 5.58. The lowest BCUT2D eigenvalue weighted by Crippen LogP contribution is -2.50. The minimum absolute atomic E-state index is 0.114. The number of hydrogen-bond acceptors (Lipinski definition) is 3. The highest BCUT2D eigenvalue weighted by Crippen LogP contribution is 2.29. The van der Waals surface area contributed by atoms with Gasteiger partial charge in [-0.1, -0.05) is 6.07 Å². The fourth-order valence-electron chi connectivity index (χ4n) is 3.66. The highest BCUT2D eigenvalue weighted by Gasteiger charge is 2.33. The van der Waals surface area contributed by atoms with E-state index >= 15 is 0 Å². The van der Waals surface area contributed by atoms with Crippen LogP contribution in [0.3, 0.4) is 0 Å². The van der Waals surface area contributed by atoms with Gasteiger partial charge in [0.25, 0.3) is 5.91 Å². The predicted octanol–water partition coefficient (Wildman–Crippen LogP) is 3.35. The smallest absolute Gasteiger partial charge is 0.256 e. The fraction of sp³-hybridized carbons (Fsp3) is 0.381. The largest absolute Gasteiger partial charge is 0.336 e. The Morgan fingerprint density at radius 1 is 0.897 bits per heavy atom. The first-order valence-electron chi connectivity index (χ1n) is 9.36. The molecule has 2 aromatic carbocycles. The number of benzene rings is 2. The molecule has 0 bridgehead atoms. The van der Waals surface area contributed by atoms with Crippen LogP contribution in [0.25, 0.3) is 0 Å². The number of piperazine rings is 1. The van der Waals surface area contributed by atoms with Gasteiger partial charge in [0.05, 0.1) is 10.5 Å². The van der Waals surface area contributed by atoms with Gasteiger partial charge in [0.1, 0.15) is 11.6 Å². The topological polar surface area (TPSA) is 57.7 Å². The van der Waals surface area contributed by atoms with E-state index in [1.165, 1.54) is 9.21 Å². The van der Waals surface area contributed by atoms with Crippen LogP contribution in [-0.2, 0) is 10.0 Å². The summed E-state index contributed by atoms with van der Waals surface area (Å²) in [5.74, 6) is -2.25.